The maximum atomic E-state index is 14.0. The summed E-state index contributed by atoms with van der Waals surface area (Å²) in [5.74, 6) is -1.13. The van der Waals surface area contributed by atoms with E-state index in [2.05, 4.69) is 4.90 Å². The quantitative estimate of drug-likeness (QED) is 0.761. The summed E-state index contributed by atoms with van der Waals surface area (Å²) in [5.41, 5.74) is 0.168. The summed E-state index contributed by atoms with van der Waals surface area (Å²) in [6, 6.07) is 3.64. The van der Waals surface area contributed by atoms with Crippen LogP contribution in [-0.2, 0) is 21.2 Å². The van der Waals surface area contributed by atoms with Crippen LogP contribution in [0.1, 0.15) is 37.7 Å². The Morgan fingerprint density at radius 2 is 1.93 bits per heavy atom. The van der Waals surface area contributed by atoms with Crippen molar-refractivity contribution >= 4 is 15.7 Å². The summed E-state index contributed by atoms with van der Waals surface area (Å²) in [5, 5.41) is 0. The Balaban J connectivity index is 1.68. The highest BCUT2D eigenvalue weighted by Crippen LogP contribution is 2.39. The first-order valence-corrected chi connectivity index (χ1v) is 11.4. The summed E-state index contributed by atoms with van der Waals surface area (Å²) in [6.07, 6.45) is 4.80. The summed E-state index contributed by atoms with van der Waals surface area (Å²) < 4.78 is 50.1. The van der Waals surface area contributed by atoms with Crippen LogP contribution >= 0.6 is 0 Å². The van der Waals surface area contributed by atoms with Gasteiger partial charge in [0.1, 0.15) is 21.5 Å². The number of carbonyl (C=O) groups is 1. The van der Waals surface area contributed by atoms with Crippen molar-refractivity contribution in [2.45, 2.75) is 44.2 Å². The summed E-state index contributed by atoms with van der Waals surface area (Å²) in [6.45, 7) is 2.11. The van der Waals surface area contributed by atoms with E-state index in [4.69, 9.17) is 0 Å². The van der Waals surface area contributed by atoms with Crippen molar-refractivity contribution in [3.05, 3.63) is 35.4 Å². The van der Waals surface area contributed by atoms with Crippen molar-refractivity contribution in [2.75, 3.05) is 31.6 Å². The Labute approximate surface area is 159 Å². The van der Waals surface area contributed by atoms with Crippen LogP contribution in [0, 0.1) is 11.6 Å². The molecule has 2 heterocycles. The van der Waals surface area contributed by atoms with Gasteiger partial charge in [-0.1, -0.05) is 6.07 Å². The molecule has 150 valence electrons. The van der Waals surface area contributed by atoms with Crippen LogP contribution in [-0.4, -0.2) is 61.3 Å². The Morgan fingerprint density at radius 3 is 2.63 bits per heavy atom. The van der Waals surface area contributed by atoms with Crippen molar-refractivity contribution in [3.8, 4) is 0 Å². The van der Waals surface area contributed by atoms with Crippen molar-refractivity contribution < 1.29 is 22.0 Å². The number of halogens is 2. The molecular weight excluding hydrogens is 374 g/mol. The van der Waals surface area contributed by atoms with Gasteiger partial charge in [-0.25, -0.2) is 17.2 Å². The van der Waals surface area contributed by atoms with Crippen LogP contribution in [0.3, 0.4) is 0 Å². The molecule has 2 aliphatic heterocycles. The van der Waals surface area contributed by atoms with E-state index in [-0.39, 0.29) is 23.7 Å². The number of sulfone groups is 1. The van der Waals surface area contributed by atoms with Crippen LogP contribution in [0.4, 0.5) is 8.78 Å². The van der Waals surface area contributed by atoms with Gasteiger partial charge >= 0.3 is 0 Å². The molecule has 2 aliphatic rings. The highest BCUT2D eigenvalue weighted by atomic mass is 32.2. The molecule has 0 aliphatic carbocycles. The molecule has 0 N–H and O–H groups in total. The molecule has 3 rings (SSSR count). The molecular formula is C19H26F2N2O3S. The van der Waals surface area contributed by atoms with Crippen LogP contribution in [0.5, 0.6) is 0 Å². The van der Waals surface area contributed by atoms with Crippen LogP contribution < -0.4 is 0 Å². The number of hydrogen-bond donors (Lipinski definition) is 0. The van der Waals surface area contributed by atoms with Gasteiger partial charge in [0.2, 0.25) is 5.91 Å². The summed E-state index contributed by atoms with van der Waals surface area (Å²) in [7, 11) is -3.14. The molecule has 1 unspecified atom stereocenters. The third kappa shape index (κ3) is 4.85. The highest BCUT2D eigenvalue weighted by molar-refractivity contribution is 7.90. The number of benzene rings is 1. The smallest absolute Gasteiger partial charge is 0.223 e. The molecule has 8 heteroatoms. The predicted molar refractivity (Wildman–Crippen MR) is 98.9 cm³/mol. The van der Waals surface area contributed by atoms with Crippen molar-refractivity contribution in [1.82, 2.24) is 9.80 Å². The lowest BCUT2D eigenvalue weighted by molar-refractivity contribution is -0.131. The lowest BCUT2D eigenvalue weighted by Crippen LogP contribution is -2.48. The molecule has 0 radical (unpaired) electrons. The molecule has 0 aromatic heterocycles. The van der Waals surface area contributed by atoms with Crippen LogP contribution in [0.15, 0.2) is 18.2 Å². The first-order chi connectivity index (χ1) is 12.7. The molecule has 27 heavy (non-hydrogen) atoms. The second-order valence-corrected chi connectivity index (χ2v) is 10.0. The lowest BCUT2D eigenvalue weighted by atomic mass is 9.88. The molecule has 2 saturated heterocycles. The number of amides is 1. The first kappa shape index (κ1) is 20.2. The van der Waals surface area contributed by atoms with E-state index < -0.39 is 21.5 Å². The Hall–Kier alpha value is -1.54. The van der Waals surface area contributed by atoms with Gasteiger partial charge < -0.3 is 4.90 Å². The molecule has 1 aromatic carbocycles. The minimum atomic E-state index is -3.14. The van der Waals surface area contributed by atoms with Gasteiger partial charge in [-0.2, -0.15) is 0 Å². The van der Waals surface area contributed by atoms with E-state index >= 15 is 0 Å². The number of rotatable bonds is 5. The third-order valence-corrected chi connectivity index (χ3v) is 6.71. The average Bonchev–Trinajstić information content (AvgIpc) is 2.74. The topological polar surface area (TPSA) is 57.7 Å². The normalized spacial score (nSPS) is 24.6. The summed E-state index contributed by atoms with van der Waals surface area (Å²) >= 11 is 0. The molecule has 2 fully saturated rings. The number of hydrogen-bond acceptors (Lipinski definition) is 4. The van der Waals surface area contributed by atoms with Crippen molar-refractivity contribution in [2.24, 2.45) is 0 Å². The van der Waals surface area contributed by atoms with Crippen LogP contribution in [0.2, 0.25) is 0 Å². The van der Waals surface area contributed by atoms with Gasteiger partial charge in [-0.05, 0) is 38.3 Å². The Morgan fingerprint density at radius 1 is 1.15 bits per heavy atom. The fourth-order valence-corrected chi connectivity index (χ4v) is 4.81. The summed E-state index contributed by atoms with van der Waals surface area (Å²) in [4.78, 5) is 16.3. The van der Waals surface area contributed by atoms with Crippen molar-refractivity contribution in [3.63, 3.8) is 0 Å². The molecule has 0 saturated carbocycles. The highest BCUT2D eigenvalue weighted by Gasteiger charge is 2.45. The zero-order chi connectivity index (χ0) is 19.7. The third-order valence-electron chi connectivity index (χ3n) is 5.78. The van der Waals surface area contributed by atoms with E-state index in [1.807, 2.05) is 0 Å². The van der Waals surface area contributed by atoms with Gasteiger partial charge in [0.25, 0.3) is 0 Å². The maximum absolute atomic E-state index is 14.0. The standard InChI is InChI=1S/C19H26F2N2O3S/c1-27(25,26)12-11-23-18(24)5-7-19(23)6-2-9-22(10-8-19)14-15-3-4-16(20)13-17(15)21/h3-4,13H,2,5-12,14H2,1H3. The van der Waals surface area contributed by atoms with Gasteiger partial charge in [0, 0.05) is 49.5 Å². The first-order valence-electron chi connectivity index (χ1n) is 9.33. The second kappa shape index (κ2) is 7.83. The maximum Gasteiger partial charge on any atom is 0.223 e. The minimum Gasteiger partial charge on any atom is -0.336 e. The van der Waals surface area contributed by atoms with Gasteiger partial charge in [0.15, 0.2) is 0 Å². The van der Waals surface area contributed by atoms with E-state index in [9.17, 15) is 22.0 Å². The molecule has 5 nitrogen and oxygen atoms in total. The second-order valence-electron chi connectivity index (χ2n) is 7.77. The van der Waals surface area contributed by atoms with Gasteiger partial charge in [-0.3, -0.25) is 9.69 Å². The fraction of sp³-hybridized carbons (Fsp3) is 0.632. The fourth-order valence-electron chi connectivity index (χ4n) is 4.30. The number of likely N-dealkylation sites (tertiary alicyclic amines) is 2. The van der Waals surface area contributed by atoms with Gasteiger partial charge in [-0.15, -0.1) is 0 Å². The zero-order valence-corrected chi connectivity index (χ0v) is 16.4. The van der Waals surface area contributed by atoms with Crippen LogP contribution in [0.25, 0.3) is 0 Å². The monoisotopic (exact) mass is 400 g/mol. The SMILES string of the molecule is CS(=O)(=O)CCN1C(=O)CCC12CCCN(Cc1ccc(F)cc1F)CC2. The van der Waals surface area contributed by atoms with E-state index in [0.29, 0.717) is 25.1 Å². The average molecular weight is 400 g/mol. The largest absolute Gasteiger partial charge is 0.336 e. The number of nitrogens with zero attached hydrogens (tertiary/aromatic N) is 2. The lowest BCUT2D eigenvalue weighted by Gasteiger charge is -2.38. The molecule has 1 atom stereocenters. The molecule has 1 spiro atoms. The van der Waals surface area contributed by atoms with E-state index in [0.717, 1.165) is 38.3 Å². The Kier molecular flexibility index (Phi) is 5.86. The van der Waals surface area contributed by atoms with E-state index in [1.165, 1.54) is 18.4 Å². The molecule has 1 aromatic rings. The zero-order valence-electron chi connectivity index (χ0n) is 15.6. The van der Waals surface area contributed by atoms with E-state index in [1.54, 1.807) is 4.90 Å². The van der Waals surface area contributed by atoms with Gasteiger partial charge in [0.05, 0.1) is 5.75 Å². The minimum absolute atomic E-state index is 0.0228. The van der Waals surface area contributed by atoms with Crippen molar-refractivity contribution in [1.29, 1.82) is 0 Å². The Bertz CT molecular complexity index is 815. The molecule has 1 amide bonds. The molecule has 0 bridgehead atoms. The predicted octanol–water partition coefficient (Wildman–Crippen LogP) is 2.36. The number of carbonyl (C=O) groups excluding carboxylic acids is 1.